The van der Waals surface area contributed by atoms with Crippen LogP contribution in [0.25, 0.3) is 16.7 Å². The molecule has 2 aliphatic rings. The van der Waals surface area contributed by atoms with Crippen molar-refractivity contribution < 1.29 is 24.2 Å². The van der Waals surface area contributed by atoms with Crippen molar-refractivity contribution in [1.82, 2.24) is 23.9 Å². The van der Waals surface area contributed by atoms with Crippen LogP contribution in [-0.4, -0.2) is 84.6 Å². The molecule has 12 heteroatoms. The Morgan fingerprint density at radius 3 is 2.40 bits per heavy atom. The maximum absolute atomic E-state index is 13.5. The van der Waals surface area contributed by atoms with Gasteiger partial charge in [-0.15, -0.1) is 0 Å². The maximum atomic E-state index is 13.5. The second kappa shape index (κ2) is 12.8. The summed E-state index contributed by atoms with van der Waals surface area (Å²) in [5.74, 6) is -0.111. The van der Waals surface area contributed by atoms with Gasteiger partial charge >= 0.3 is 6.09 Å². The minimum absolute atomic E-state index is 0.0772. The number of benzene rings is 2. The van der Waals surface area contributed by atoms with Crippen molar-refractivity contribution in [2.24, 2.45) is 0 Å². The molecule has 47 heavy (non-hydrogen) atoms. The molecule has 4 heterocycles. The lowest BCUT2D eigenvalue weighted by molar-refractivity contribution is -0.0644. The van der Waals surface area contributed by atoms with Crippen LogP contribution in [0.4, 0.5) is 4.79 Å². The third-order valence-corrected chi connectivity index (χ3v) is 9.01. The molecule has 2 saturated heterocycles. The summed E-state index contributed by atoms with van der Waals surface area (Å²) in [6.45, 7) is 9.08. The number of aliphatic hydroxyl groups is 1. The monoisotopic (exact) mass is 661 g/mol. The van der Waals surface area contributed by atoms with E-state index in [2.05, 4.69) is 4.98 Å². The number of aromatic nitrogens is 3. The molecule has 0 aliphatic carbocycles. The van der Waals surface area contributed by atoms with Crippen LogP contribution >= 0.6 is 11.6 Å². The van der Waals surface area contributed by atoms with E-state index in [1.165, 1.54) is 10.9 Å². The normalized spacial score (nSPS) is 20.0. The standard InChI is InChI=1S/C35H40ClN5O6/c1-23-19-41(33(44)47-34(2,3)4)29(20-46-23)24-7-11-27(12-8-24)40-16-13-28-30(40)37-22-39(32(28)43)21-35(45)14-17-38(18-15-35)31(42)25-5-9-26(36)10-6-25/h5-13,16,22-23,29,45H,14-15,17-21H2,1-4H3/t23-,29-/m1/s1. The number of likely N-dealkylation sites (tertiary alicyclic amines) is 1. The minimum atomic E-state index is -1.15. The molecule has 2 amide bonds. The highest BCUT2D eigenvalue weighted by molar-refractivity contribution is 6.30. The van der Waals surface area contributed by atoms with Crippen molar-refractivity contribution in [3.8, 4) is 5.69 Å². The number of piperidine rings is 1. The topological polar surface area (TPSA) is 119 Å². The predicted octanol–water partition coefficient (Wildman–Crippen LogP) is 5.20. The van der Waals surface area contributed by atoms with E-state index in [1.807, 2.05) is 56.5 Å². The van der Waals surface area contributed by atoms with Crippen LogP contribution in [0.1, 0.15) is 62.5 Å². The largest absolute Gasteiger partial charge is 0.444 e. The maximum Gasteiger partial charge on any atom is 0.410 e. The van der Waals surface area contributed by atoms with Crippen molar-refractivity contribution in [3.63, 3.8) is 0 Å². The third-order valence-electron chi connectivity index (χ3n) is 8.76. The molecule has 0 bridgehead atoms. The molecule has 0 unspecified atom stereocenters. The van der Waals surface area contributed by atoms with E-state index in [0.29, 0.717) is 60.7 Å². The molecule has 2 atom stereocenters. The van der Waals surface area contributed by atoms with Crippen LogP contribution in [0, 0.1) is 0 Å². The molecular formula is C35H40ClN5O6. The van der Waals surface area contributed by atoms with Gasteiger partial charge in [0.2, 0.25) is 0 Å². The van der Waals surface area contributed by atoms with Crippen molar-refractivity contribution in [2.45, 2.75) is 70.4 Å². The molecule has 0 spiro atoms. The van der Waals surface area contributed by atoms with Crippen molar-refractivity contribution in [2.75, 3.05) is 26.2 Å². The second-order valence-corrected chi connectivity index (χ2v) is 13.9. The smallest absolute Gasteiger partial charge is 0.410 e. The lowest BCUT2D eigenvalue weighted by Crippen LogP contribution is -2.49. The molecule has 2 aliphatic heterocycles. The zero-order chi connectivity index (χ0) is 33.5. The van der Waals surface area contributed by atoms with Crippen LogP contribution < -0.4 is 5.56 Å². The minimum Gasteiger partial charge on any atom is -0.444 e. The first-order valence-electron chi connectivity index (χ1n) is 15.9. The number of halogens is 1. The molecule has 6 rings (SSSR count). The number of carbonyl (C=O) groups is 2. The molecule has 4 aromatic rings. The van der Waals surface area contributed by atoms with Crippen molar-refractivity contribution in [3.05, 3.63) is 93.6 Å². The Balaban J connectivity index is 1.15. The Kier molecular flexibility index (Phi) is 8.90. The number of carbonyl (C=O) groups excluding carboxylic acids is 2. The van der Waals surface area contributed by atoms with E-state index in [9.17, 15) is 19.5 Å². The summed E-state index contributed by atoms with van der Waals surface area (Å²) in [4.78, 5) is 47.5. The summed E-state index contributed by atoms with van der Waals surface area (Å²) in [5.41, 5.74) is 0.751. The lowest BCUT2D eigenvalue weighted by Gasteiger charge is -2.39. The first-order valence-corrected chi connectivity index (χ1v) is 16.2. The van der Waals surface area contributed by atoms with Gasteiger partial charge in [0, 0.05) is 35.6 Å². The van der Waals surface area contributed by atoms with Gasteiger partial charge in [0.15, 0.2) is 5.65 Å². The van der Waals surface area contributed by atoms with Gasteiger partial charge in [-0.25, -0.2) is 9.78 Å². The lowest BCUT2D eigenvalue weighted by atomic mass is 9.91. The van der Waals surface area contributed by atoms with Gasteiger partial charge in [-0.1, -0.05) is 23.7 Å². The predicted molar refractivity (Wildman–Crippen MR) is 178 cm³/mol. The molecule has 0 radical (unpaired) electrons. The van der Waals surface area contributed by atoms with Gasteiger partial charge in [0.1, 0.15) is 11.9 Å². The number of morpholine rings is 1. The van der Waals surface area contributed by atoms with E-state index in [1.54, 1.807) is 46.3 Å². The third kappa shape index (κ3) is 7.07. The zero-order valence-electron chi connectivity index (χ0n) is 27.1. The number of fused-ring (bicyclic) bond motifs is 1. The van der Waals surface area contributed by atoms with E-state index >= 15 is 0 Å². The number of hydrogen-bond donors (Lipinski definition) is 1. The highest BCUT2D eigenvalue weighted by Gasteiger charge is 2.36. The summed E-state index contributed by atoms with van der Waals surface area (Å²) >= 11 is 5.95. The molecule has 2 aromatic heterocycles. The summed E-state index contributed by atoms with van der Waals surface area (Å²) < 4.78 is 14.9. The van der Waals surface area contributed by atoms with Gasteiger partial charge < -0.3 is 24.0 Å². The molecule has 1 N–H and O–H groups in total. The highest BCUT2D eigenvalue weighted by atomic mass is 35.5. The SMILES string of the molecule is C[C@@H]1CN(C(=O)OC(C)(C)C)[C@@H](c2ccc(-n3ccc4c(=O)n(CC5(O)CCN(C(=O)c6ccc(Cl)cc6)CC5)cnc43)cc2)CO1. The molecule has 248 valence electrons. The Bertz CT molecular complexity index is 1820. The summed E-state index contributed by atoms with van der Waals surface area (Å²) in [7, 11) is 0. The average molecular weight is 662 g/mol. The zero-order valence-corrected chi connectivity index (χ0v) is 27.8. The van der Waals surface area contributed by atoms with E-state index in [-0.39, 0.29) is 36.3 Å². The molecule has 2 aromatic carbocycles. The molecular weight excluding hydrogens is 622 g/mol. The van der Waals surface area contributed by atoms with Crippen LogP contribution in [-0.2, 0) is 16.0 Å². The second-order valence-electron chi connectivity index (χ2n) is 13.5. The summed E-state index contributed by atoms with van der Waals surface area (Å²) in [6, 6.07) is 15.9. The van der Waals surface area contributed by atoms with Crippen LogP contribution in [0.5, 0.6) is 0 Å². The highest BCUT2D eigenvalue weighted by Crippen LogP contribution is 2.30. The van der Waals surface area contributed by atoms with Gasteiger partial charge in [-0.05, 0) is 88.6 Å². The van der Waals surface area contributed by atoms with Crippen LogP contribution in [0.3, 0.4) is 0 Å². The van der Waals surface area contributed by atoms with Crippen LogP contribution in [0.15, 0.2) is 71.9 Å². The number of amides is 2. The number of rotatable bonds is 5. The van der Waals surface area contributed by atoms with Gasteiger partial charge in [-0.3, -0.25) is 19.1 Å². The number of ether oxygens (including phenoxy) is 2. The fraction of sp³-hybridized carbons (Fsp3) is 0.429. The van der Waals surface area contributed by atoms with E-state index < -0.39 is 11.2 Å². The first-order chi connectivity index (χ1) is 22.3. The van der Waals surface area contributed by atoms with Gasteiger partial charge in [0.05, 0.1) is 42.8 Å². The van der Waals surface area contributed by atoms with Crippen molar-refractivity contribution >= 4 is 34.6 Å². The Hall–Kier alpha value is -4.19. The molecule has 2 fully saturated rings. The Morgan fingerprint density at radius 1 is 1.06 bits per heavy atom. The summed E-state index contributed by atoms with van der Waals surface area (Å²) in [5, 5.41) is 12.4. The number of hydrogen-bond acceptors (Lipinski definition) is 7. The average Bonchev–Trinajstić information content (AvgIpc) is 3.47. The first kappa shape index (κ1) is 32.7. The van der Waals surface area contributed by atoms with Crippen molar-refractivity contribution in [1.29, 1.82) is 0 Å². The van der Waals surface area contributed by atoms with E-state index in [0.717, 1.165) is 11.3 Å². The number of nitrogens with zero attached hydrogens (tertiary/aromatic N) is 5. The fourth-order valence-electron chi connectivity index (χ4n) is 6.21. The van der Waals surface area contributed by atoms with Gasteiger partial charge in [-0.2, -0.15) is 0 Å². The Labute approximate surface area is 278 Å². The summed E-state index contributed by atoms with van der Waals surface area (Å²) in [6.07, 6.45) is 3.46. The molecule has 0 saturated carbocycles. The quantitative estimate of drug-likeness (QED) is 0.312. The van der Waals surface area contributed by atoms with E-state index in [4.69, 9.17) is 21.1 Å². The van der Waals surface area contributed by atoms with Crippen LogP contribution in [0.2, 0.25) is 5.02 Å². The fourth-order valence-corrected chi connectivity index (χ4v) is 6.34. The van der Waals surface area contributed by atoms with Gasteiger partial charge in [0.25, 0.3) is 11.5 Å². The Morgan fingerprint density at radius 2 is 1.74 bits per heavy atom. The molecule has 11 nitrogen and oxygen atoms in total.